The lowest BCUT2D eigenvalue weighted by atomic mass is 10.0. The van der Waals surface area contributed by atoms with E-state index in [1.807, 2.05) is 55.4 Å². The lowest BCUT2D eigenvalue weighted by Crippen LogP contribution is -1.93. The molecule has 0 aromatic rings. The van der Waals surface area contributed by atoms with Crippen LogP contribution in [0.1, 0.15) is 126 Å². The zero-order valence-electron chi connectivity index (χ0n) is 17.0. The van der Waals surface area contributed by atoms with Gasteiger partial charge in [-0.1, -0.05) is 126 Å². The minimum absolute atomic E-state index is 0. The van der Waals surface area contributed by atoms with Crippen LogP contribution in [0.5, 0.6) is 0 Å². The van der Waals surface area contributed by atoms with Gasteiger partial charge in [0.1, 0.15) is 0 Å². The first kappa shape index (κ1) is 50.1. The van der Waals surface area contributed by atoms with Crippen molar-refractivity contribution < 1.29 is 0 Å². The number of hydrogen-bond donors (Lipinski definition) is 0. The van der Waals surface area contributed by atoms with Gasteiger partial charge in [0.2, 0.25) is 0 Å². The lowest BCUT2D eigenvalue weighted by Gasteiger charge is -2.05. The van der Waals surface area contributed by atoms with Crippen LogP contribution >= 0.6 is 0 Å². The lowest BCUT2D eigenvalue weighted by molar-refractivity contribution is 0.469. The van der Waals surface area contributed by atoms with E-state index in [0.717, 1.165) is 0 Å². The van der Waals surface area contributed by atoms with Crippen LogP contribution in [0, 0.1) is 10.8 Å². The maximum Gasteiger partial charge on any atom is -0.0411 e. The predicted molar refractivity (Wildman–Crippen MR) is 109 cm³/mol. The Morgan fingerprint density at radius 1 is 0.300 bits per heavy atom. The summed E-state index contributed by atoms with van der Waals surface area (Å²) in [7, 11) is 0. The highest BCUT2D eigenvalue weighted by atomic mass is 14.0. The summed E-state index contributed by atoms with van der Waals surface area (Å²) in [6, 6.07) is 0. The minimum atomic E-state index is 0. The molecular weight excluding hydrogens is 240 g/mol. The number of rotatable bonds is 0. The van der Waals surface area contributed by atoms with Gasteiger partial charge in [-0.3, -0.25) is 0 Å². The van der Waals surface area contributed by atoms with Gasteiger partial charge in [0.15, 0.2) is 0 Å². The van der Waals surface area contributed by atoms with Crippen LogP contribution < -0.4 is 0 Å². The molecule has 0 atom stereocenters. The molecule has 0 nitrogen and oxygen atoms in total. The van der Waals surface area contributed by atoms with Gasteiger partial charge < -0.3 is 0 Å². The molecule has 20 heavy (non-hydrogen) atoms. The summed E-state index contributed by atoms with van der Waals surface area (Å²) in [6.45, 7) is 33.5. The smallest absolute Gasteiger partial charge is 0.0411 e. The van der Waals surface area contributed by atoms with Crippen molar-refractivity contribution in [2.24, 2.45) is 10.8 Å². The summed E-state index contributed by atoms with van der Waals surface area (Å²) in [5.74, 6) is 0. The number of hydrogen-bond acceptors (Lipinski definition) is 0. The van der Waals surface area contributed by atoms with Gasteiger partial charge >= 0.3 is 0 Å². The Labute approximate surface area is 137 Å². The van der Waals surface area contributed by atoms with E-state index in [9.17, 15) is 0 Å². The summed E-state index contributed by atoms with van der Waals surface area (Å²) in [6.07, 6.45) is 0. The molecule has 0 unspecified atom stereocenters. The standard InChI is InChI=1S/2C5H12.4C2H6.2CH4/c2*1-5(2,3)4;4*1-2;;/h2*1-4H3;4*1-2H3;2*1H4. The van der Waals surface area contributed by atoms with Crippen molar-refractivity contribution in [1.82, 2.24) is 0 Å². The summed E-state index contributed by atoms with van der Waals surface area (Å²) in [5.41, 5.74) is 1.00. The van der Waals surface area contributed by atoms with Gasteiger partial charge in [-0.2, -0.15) is 0 Å². The second kappa shape index (κ2) is 42.8. The third-order valence-corrected chi connectivity index (χ3v) is 0. The zero-order valence-corrected chi connectivity index (χ0v) is 17.0. The average Bonchev–Trinajstić information content (AvgIpc) is 2.24. The first-order valence-corrected chi connectivity index (χ1v) is 8.00. The molecule has 0 rings (SSSR count). The SMILES string of the molecule is C.C.CC.CC.CC.CC.CC(C)(C)C.CC(C)(C)C. The van der Waals surface area contributed by atoms with Crippen molar-refractivity contribution in [2.75, 3.05) is 0 Å². The molecule has 0 amide bonds. The van der Waals surface area contributed by atoms with Crippen molar-refractivity contribution in [3.05, 3.63) is 0 Å². The first-order chi connectivity index (χ1) is 8.00. The Kier molecular flexibility index (Phi) is 107. The molecule has 0 fully saturated rings. The van der Waals surface area contributed by atoms with Crippen LogP contribution in [0.25, 0.3) is 0 Å². The van der Waals surface area contributed by atoms with Gasteiger partial charge in [0.25, 0.3) is 0 Å². The molecule has 0 aliphatic rings. The molecule has 0 aromatic carbocycles. The van der Waals surface area contributed by atoms with E-state index in [1.165, 1.54) is 0 Å². The summed E-state index contributed by atoms with van der Waals surface area (Å²) < 4.78 is 0. The van der Waals surface area contributed by atoms with Crippen LogP contribution in [-0.2, 0) is 0 Å². The van der Waals surface area contributed by atoms with Crippen molar-refractivity contribution in [3.63, 3.8) is 0 Å². The maximum absolute atomic E-state index is 2.19. The van der Waals surface area contributed by atoms with Crippen molar-refractivity contribution in [3.8, 4) is 0 Å². The van der Waals surface area contributed by atoms with Crippen molar-refractivity contribution in [2.45, 2.75) is 126 Å². The van der Waals surface area contributed by atoms with E-state index in [2.05, 4.69) is 55.4 Å². The molecule has 0 aliphatic carbocycles. The Balaban J connectivity index is -0.0000000151. The fourth-order valence-corrected chi connectivity index (χ4v) is 0. The van der Waals surface area contributed by atoms with E-state index < -0.39 is 0 Å². The van der Waals surface area contributed by atoms with Crippen LogP contribution in [-0.4, -0.2) is 0 Å². The van der Waals surface area contributed by atoms with Gasteiger partial charge in [-0.15, -0.1) is 0 Å². The van der Waals surface area contributed by atoms with E-state index in [1.54, 1.807) is 0 Å². The fourth-order valence-electron chi connectivity index (χ4n) is 0. The highest BCUT2D eigenvalue weighted by Gasteiger charge is 1.96. The molecule has 0 aliphatic heterocycles. The molecule has 136 valence electrons. The molecule has 0 heterocycles. The van der Waals surface area contributed by atoms with Crippen LogP contribution in [0.15, 0.2) is 0 Å². The third-order valence-electron chi connectivity index (χ3n) is 0. The topological polar surface area (TPSA) is 0 Å². The fraction of sp³-hybridized carbons (Fsp3) is 1.00. The van der Waals surface area contributed by atoms with Gasteiger partial charge in [0.05, 0.1) is 0 Å². The van der Waals surface area contributed by atoms with Crippen LogP contribution in [0.4, 0.5) is 0 Å². The minimum Gasteiger partial charge on any atom is -0.0776 e. The summed E-state index contributed by atoms with van der Waals surface area (Å²) in [5, 5.41) is 0. The Morgan fingerprint density at radius 3 is 0.300 bits per heavy atom. The molecule has 0 spiro atoms. The third kappa shape index (κ3) is 0. The second-order valence-electron chi connectivity index (χ2n) is 6.00. The van der Waals surface area contributed by atoms with Crippen molar-refractivity contribution >= 4 is 0 Å². The largest absolute Gasteiger partial charge is 0.0776 e. The normalized spacial score (nSPS) is 7.20. The predicted octanol–water partition coefficient (Wildman–Crippen LogP) is 9.48. The van der Waals surface area contributed by atoms with Crippen molar-refractivity contribution in [1.29, 1.82) is 0 Å². The molecule has 0 N–H and O–H groups in total. The molecule has 0 saturated carbocycles. The molecule has 0 radical (unpaired) electrons. The molecule has 0 aromatic heterocycles. The van der Waals surface area contributed by atoms with E-state index in [-0.39, 0.29) is 14.9 Å². The molecule has 0 heteroatoms. The highest BCUT2D eigenvalue weighted by molar-refractivity contribution is 4.47. The molecule has 0 bridgehead atoms. The maximum atomic E-state index is 2.19. The average molecular weight is 297 g/mol. The van der Waals surface area contributed by atoms with E-state index >= 15 is 0 Å². The van der Waals surface area contributed by atoms with Gasteiger partial charge in [-0.05, 0) is 10.8 Å². The monoisotopic (exact) mass is 296 g/mol. The Morgan fingerprint density at radius 2 is 0.300 bits per heavy atom. The summed E-state index contributed by atoms with van der Waals surface area (Å²) in [4.78, 5) is 0. The van der Waals surface area contributed by atoms with Gasteiger partial charge in [-0.25, -0.2) is 0 Å². The van der Waals surface area contributed by atoms with E-state index in [4.69, 9.17) is 0 Å². The Hall–Kier alpha value is 0. The molecular formula is C20H56. The zero-order chi connectivity index (χ0) is 17.0. The quantitative estimate of drug-likeness (QED) is 0.417. The Bertz CT molecular complexity index is 43.0. The van der Waals surface area contributed by atoms with Gasteiger partial charge in [0, 0.05) is 0 Å². The van der Waals surface area contributed by atoms with Crippen LogP contribution in [0.3, 0.4) is 0 Å². The summed E-state index contributed by atoms with van der Waals surface area (Å²) >= 11 is 0. The van der Waals surface area contributed by atoms with E-state index in [0.29, 0.717) is 10.8 Å². The highest BCUT2D eigenvalue weighted by Crippen LogP contribution is 2.08. The molecule has 0 saturated heterocycles. The second-order valence-corrected chi connectivity index (χ2v) is 6.00. The first-order valence-electron chi connectivity index (χ1n) is 8.00. The van der Waals surface area contributed by atoms with Crippen LogP contribution in [0.2, 0.25) is 0 Å².